The lowest BCUT2D eigenvalue weighted by Gasteiger charge is -2.41. The van der Waals surface area contributed by atoms with Gasteiger partial charge in [-0.2, -0.15) is 0 Å². The fraction of sp³-hybridized carbons (Fsp3) is 0.656. The Morgan fingerprint density at radius 1 is 0.533 bits per heavy atom. The van der Waals surface area contributed by atoms with E-state index in [-0.39, 0.29) is 19.4 Å². The Bertz CT molecular complexity index is 1680. The van der Waals surface area contributed by atoms with Gasteiger partial charge in [0.2, 0.25) is 5.91 Å². The Balaban J connectivity index is 2.82. The van der Waals surface area contributed by atoms with Gasteiger partial charge < -0.3 is 45.1 Å². The van der Waals surface area contributed by atoms with E-state index in [1.54, 1.807) is 6.08 Å². The minimum Gasteiger partial charge on any atom is -0.454 e. The summed E-state index contributed by atoms with van der Waals surface area (Å²) < 4.78 is 17.5. The van der Waals surface area contributed by atoms with E-state index in [4.69, 9.17) is 14.2 Å². The number of hydrogen-bond donors (Lipinski definition) is 6. The molecule has 1 fully saturated rings. The zero-order valence-corrected chi connectivity index (χ0v) is 46.9. The minimum absolute atomic E-state index is 0.0340. The normalized spacial score (nSPS) is 20.1. The zero-order valence-electron chi connectivity index (χ0n) is 46.9. The van der Waals surface area contributed by atoms with Gasteiger partial charge in [-0.05, 0) is 103 Å². The van der Waals surface area contributed by atoms with Crippen LogP contribution in [0.1, 0.15) is 207 Å². The number of rotatable bonds is 47. The van der Waals surface area contributed by atoms with Crippen LogP contribution < -0.4 is 5.32 Å². The summed E-state index contributed by atoms with van der Waals surface area (Å²) in [5.74, 6) is -1.33. The van der Waals surface area contributed by atoms with Crippen molar-refractivity contribution in [2.75, 3.05) is 13.2 Å². The molecule has 1 rings (SSSR count). The predicted molar refractivity (Wildman–Crippen MR) is 310 cm³/mol. The molecule has 11 nitrogen and oxygen atoms in total. The molecule has 0 spiro atoms. The maximum atomic E-state index is 13.4. The fourth-order valence-electron chi connectivity index (χ4n) is 8.20. The number of carbonyl (C=O) groups excluding carboxylic acids is 2. The van der Waals surface area contributed by atoms with E-state index in [2.05, 4.69) is 111 Å². The van der Waals surface area contributed by atoms with Crippen LogP contribution >= 0.6 is 0 Å². The van der Waals surface area contributed by atoms with Crippen LogP contribution in [-0.2, 0) is 23.8 Å². The molecule has 0 saturated carbocycles. The molecule has 6 N–H and O–H groups in total. The van der Waals surface area contributed by atoms with Crippen LogP contribution in [-0.4, -0.2) is 99.6 Å². The first-order chi connectivity index (χ1) is 36.7. The number of aliphatic hydroxyl groups is 5. The molecular weight excluding hydrogens is 943 g/mol. The second-order valence-corrected chi connectivity index (χ2v) is 19.6. The van der Waals surface area contributed by atoms with Crippen LogP contribution in [0, 0.1) is 0 Å². The number of carbonyl (C=O) groups is 2. The minimum atomic E-state index is -1.65. The first kappa shape index (κ1) is 69.1. The summed E-state index contributed by atoms with van der Waals surface area (Å²) in [5, 5.41) is 56.8. The van der Waals surface area contributed by atoms with Crippen molar-refractivity contribution in [1.29, 1.82) is 0 Å². The summed E-state index contributed by atoms with van der Waals surface area (Å²) >= 11 is 0. The smallest absolute Gasteiger partial charge is 0.306 e. The van der Waals surface area contributed by atoms with Gasteiger partial charge in [0.1, 0.15) is 24.4 Å². The Kier molecular flexibility index (Phi) is 46.8. The summed E-state index contributed by atoms with van der Waals surface area (Å²) in [5.41, 5.74) is 0. The first-order valence-corrected chi connectivity index (χ1v) is 29.3. The molecule has 0 aromatic heterocycles. The molecule has 1 aliphatic heterocycles. The summed E-state index contributed by atoms with van der Waals surface area (Å²) in [6.07, 6.45) is 59.6. The number of ether oxygens (including phenoxy) is 3. The monoisotopic (exact) mass is 1050 g/mol. The van der Waals surface area contributed by atoms with Crippen LogP contribution in [0.4, 0.5) is 0 Å². The lowest BCUT2D eigenvalue weighted by Crippen LogP contribution is -2.61. The third kappa shape index (κ3) is 39.1. The summed E-state index contributed by atoms with van der Waals surface area (Å²) in [7, 11) is 0. The number of allylic oxidation sites excluding steroid dienone is 19. The third-order valence-electron chi connectivity index (χ3n) is 12.9. The number of amides is 1. The molecule has 11 heteroatoms. The molecule has 0 aromatic carbocycles. The van der Waals surface area contributed by atoms with Gasteiger partial charge >= 0.3 is 5.97 Å². The lowest BCUT2D eigenvalue weighted by molar-refractivity contribution is -0.305. The lowest BCUT2D eigenvalue weighted by atomic mass is 9.99. The average molecular weight is 1050 g/mol. The predicted octanol–water partition coefficient (Wildman–Crippen LogP) is 13.5. The van der Waals surface area contributed by atoms with Crippen LogP contribution in [0.25, 0.3) is 0 Å². The van der Waals surface area contributed by atoms with E-state index < -0.39 is 67.4 Å². The quantitative estimate of drug-likeness (QED) is 0.0195. The Hall–Kier alpha value is -3.94. The molecule has 1 saturated heterocycles. The van der Waals surface area contributed by atoms with Crippen molar-refractivity contribution in [2.24, 2.45) is 0 Å². The fourth-order valence-corrected chi connectivity index (χ4v) is 8.20. The number of hydrogen-bond acceptors (Lipinski definition) is 10. The summed E-state index contributed by atoms with van der Waals surface area (Å²) in [6.45, 7) is 5.56. The molecule has 0 aromatic rings. The van der Waals surface area contributed by atoms with E-state index >= 15 is 0 Å². The van der Waals surface area contributed by atoms with E-state index in [0.717, 1.165) is 83.5 Å². The maximum absolute atomic E-state index is 13.4. The highest BCUT2D eigenvalue weighted by Gasteiger charge is 2.47. The maximum Gasteiger partial charge on any atom is 0.306 e. The molecule has 8 unspecified atom stereocenters. The van der Waals surface area contributed by atoms with Gasteiger partial charge in [-0.25, -0.2) is 0 Å². The molecule has 0 radical (unpaired) electrons. The molecule has 75 heavy (non-hydrogen) atoms. The zero-order chi connectivity index (χ0) is 54.7. The summed E-state index contributed by atoms with van der Waals surface area (Å²) in [4.78, 5) is 26.4. The molecule has 1 aliphatic rings. The number of unbranched alkanes of at least 4 members (excludes halogenated alkanes) is 15. The van der Waals surface area contributed by atoms with Gasteiger partial charge in [-0.15, -0.1) is 0 Å². The van der Waals surface area contributed by atoms with Gasteiger partial charge in [-0.1, -0.05) is 219 Å². The molecule has 0 bridgehead atoms. The van der Waals surface area contributed by atoms with Gasteiger partial charge in [-0.3, -0.25) is 9.59 Å². The third-order valence-corrected chi connectivity index (χ3v) is 12.9. The Labute approximate surface area is 455 Å². The van der Waals surface area contributed by atoms with Crippen molar-refractivity contribution in [3.05, 3.63) is 122 Å². The Morgan fingerprint density at radius 2 is 0.960 bits per heavy atom. The largest absolute Gasteiger partial charge is 0.454 e. The van der Waals surface area contributed by atoms with Gasteiger partial charge in [0.25, 0.3) is 0 Å². The van der Waals surface area contributed by atoms with Crippen molar-refractivity contribution < 1.29 is 49.3 Å². The van der Waals surface area contributed by atoms with E-state index in [9.17, 15) is 35.1 Å². The van der Waals surface area contributed by atoms with Crippen molar-refractivity contribution >= 4 is 11.9 Å². The first-order valence-electron chi connectivity index (χ1n) is 29.3. The van der Waals surface area contributed by atoms with E-state index in [1.807, 2.05) is 30.4 Å². The summed E-state index contributed by atoms with van der Waals surface area (Å²) in [6, 6.07) is -1.07. The van der Waals surface area contributed by atoms with Crippen molar-refractivity contribution in [2.45, 2.75) is 256 Å². The number of aliphatic hydroxyl groups excluding tert-OH is 5. The highest BCUT2D eigenvalue weighted by atomic mass is 16.7. The second kappa shape index (κ2) is 50.9. The van der Waals surface area contributed by atoms with Gasteiger partial charge in [0, 0.05) is 6.42 Å². The van der Waals surface area contributed by atoms with E-state index in [1.165, 1.54) is 70.6 Å². The van der Waals surface area contributed by atoms with Crippen molar-refractivity contribution in [3.8, 4) is 0 Å². The molecule has 8 atom stereocenters. The van der Waals surface area contributed by atoms with Crippen molar-refractivity contribution in [3.63, 3.8) is 0 Å². The van der Waals surface area contributed by atoms with Crippen LogP contribution in [0.3, 0.4) is 0 Å². The average Bonchev–Trinajstić information content (AvgIpc) is 3.41. The molecule has 426 valence electrons. The van der Waals surface area contributed by atoms with Crippen LogP contribution in [0.2, 0.25) is 0 Å². The number of esters is 1. The SMILES string of the molecule is CC/C=C\C/C=C\C/C=C\C/C=C\C/C=C\CCC(O)C(=O)NC(COC1OC(CO)C(O)C(O)C1OC(=O)CCC/C=C\C/C=C\C/C=C\C/C=C\CCCCC)C(O)/C=C/CCCCCCCCCCCCC. The van der Waals surface area contributed by atoms with Gasteiger partial charge in [0.05, 0.1) is 25.4 Å². The van der Waals surface area contributed by atoms with Crippen LogP contribution in [0.15, 0.2) is 122 Å². The molecular formula is C64H105NO10. The van der Waals surface area contributed by atoms with E-state index in [0.29, 0.717) is 19.3 Å². The van der Waals surface area contributed by atoms with Crippen LogP contribution in [0.5, 0.6) is 0 Å². The molecule has 0 aliphatic carbocycles. The highest BCUT2D eigenvalue weighted by Crippen LogP contribution is 2.26. The standard InChI is InChI=1S/C64H105NO10/c1-4-7-10-13-16-19-22-25-27-29-31-34-37-40-43-46-49-52-59(69)75-62-61(71)60(70)58(53-66)74-64(62)73-54-55(56(67)50-47-44-41-38-35-32-24-21-18-15-12-9-6-3)65-63(72)57(68)51-48-45-42-39-36-33-30-28-26-23-20-17-14-11-8-5-2/h8,11,16-17,19-20,25-28,31,33-34,36,40,42-43,45,47,50,55-58,60-62,64,66-68,70-71H,4-7,9-10,12-15,18,21-24,29-30,32,35,37-39,41,44,46,48-49,51-54H2,1-3H3,(H,65,72)/b11-8-,19-16-,20-17-,27-25-,28-26-,34-31-,36-33-,43-40-,45-42-,50-47+. The molecule has 1 amide bonds. The highest BCUT2D eigenvalue weighted by molar-refractivity contribution is 5.80. The van der Waals surface area contributed by atoms with Crippen molar-refractivity contribution in [1.82, 2.24) is 5.32 Å². The second-order valence-electron chi connectivity index (χ2n) is 19.6. The molecule has 1 heterocycles. The number of nitrogens with one attached hydrogen (secondary N) is 1. The topological polar surface area (TPSA) is 175 Å². The van der Waals surface area contributed by atoms with Gasteiger partial charge in [0.15, 0.2) is 12.4 Å². The Morgan fingerprint density at radius 3 is 1.47 bits per heavy atom.